The molecule has 0 aliphatic heterocycles. The Morgan fingerprint density at radius 2 is 2.17 bits per heavy atom. The minimum atomic E-state index is 0.333. The number of hydrogen-bond acceptors (Lipinski definition) is 2. The molecule has 0 fully saturated rings. The summed E-state index contributed by atoms with van der Waals surface area (Å²) in [5.41, 5.74) is 1.20. The van der Waals surface area contributed by atoms with E-state index in [0.29, 0.717) is 13.4 Å². The molecule has 0 aliphatic rings. The molecule has 2 heteroatoms. The van der Waals surface area contributed by atoms with Crippen molar-refractivity contribution in [3.8, 4) is 5.75 Å². The summed E-state index contributed by atoms with van der Waals surface area (Å²) in [4.78, 5) is 0. The van der Waals surface area contributed by atoms with Gasteiger partial charge in [0, 0.05) is 6.61 Å². The van der Waals surface area contributed by atoms with E-state index in [-0.39, 0.29) is 0 Å². The molecule has 0 atom stereocenters. The molecule has 0 amide bonds. The number of benzene rings is 1. The van der Waals surface area contributed by atoms with Crippen LogP contribution in [0.3, 0.4) is 0 Å². The molecule has 0 saturated heterocycles. The SMILES string of the molecule is CCOCOc1cccc(C)c1. The molecule has 0 N–H and O–H groups in total. The smallest absolute Gasteiger partial charge is 0.189 e. The summed E-state index contributed by atoms with van der Waals surface area (Å²) in [6.07, 6.45) is 0. The second kappa shape index (κ2) is 4.78. The van der Waals surface area contributed by atoms with Crippen molar-refractivity contribution in [3.63, 3.8) is 0 Å². The normalized spacial score (nSPS) is 9.83. The zero-order valence-electron chi connectivity index (χ0n) is 7.54. The van der Waals surface area contributed by atoms with Crippen LogP contribution in [0.5, 0.6) is 5.75 Å². The van der Waals surface area contributed by atoms with Gasteiger partial charge in [-0.25, -0.2) is 0 Å². The van der Waals surface area contributed by atoms with Gasteiger partial charge < -0.3 is 9.47 Å². The van der Waals surface area contributed by atoms with Crippen molar-refractivity contribution in [2.45, 2.75) is 13.8 Å². The van der Waals surface area contributed by atoms with Crippen molar-refractivity contribution < 1.29 is 9.47 Å². The summed E-state index contributed by atoms with van der Waals surface area (Å²) in [6, 6.07) is 7.91. The van der Waals surface area contributed by atoms with Gasteiger partial charge >= 0.3 is 0 Å². The molecule has 1 rings (SSSR count). The summed E-state index contributed by atoms with van der Waals surface area (Å²) in [7, 11) is 0. The van der Waals surface area contributed by atoms with Crippen molar-refractivity contribution in [1.82, 2.24) is 0 Å². The first-order valence-electron chi connectivity index (χ1n) is 4.10. The lowest BCUT2D eigenvalue weighted by molar-refractivity contribution is 0.0224. The molecular weight excluding hydrogens is 152 g/mol. The fourth-order valence-electron chi connectivity index (χ4n) is 0.898. The Bertz CT molecular complexity index is 233. The van der Waals surface area contributed by atoms with Gasteiger partial charge in [0.2, 0.25) is 0 Å². The van der Waals surface area contributed by atoms with Gasteiger partial charge in [-0.3, -0.25) is 0 Å². The van der Waals surface area contributed by atoms with Gasteiger partial charge in [0.05, 0.1) is 0 Å². The molecule has 0 spiro atoms. The molecule has 66 valence electrons. The lowest BCUT2D eigenvalue weighted by Gasteiger charge is -2.05. The third kappa shape index (κ3) is 2.93. The fourth-order valence-corrected chi connectivity index (χ4v) is 0.898. The van der Waals surface area contributed by atoms with E-state index in [2.05, 4.69) is 0 Å². The maximum absolute atomic E-state index is 5.30. The van der Waals surface area contributed by atoms with E-state index in [1.807, 2.05) is 38.1 Å². The molecule has 1 aromatic carbocycles. The molecule has 0 unspecified atom stereocenters. The van der Waals surface area contributed by atoms with E-state index < -0.39 is 0 Å². The standard InChI is InChI=1S/C10H14O2/c1-3-11-8-12-10-6-4-5-9(2)7-10/h4-7H,3,8H2,1-2H3. The fraction of sp³-hybridized carbons (Fsp3) is 0.400. The summed E-state index contributed by atoms with van der Waals surface area (Å²) in [6.45, 7) is 5.00. The Morgan fingerprint density at radius 1 is 1.33 bits per heavy atom. The van der Waals surface area contributed by atoms with Crippen LogP contribution < -0.4 is 4.74 Å². The topological polar surface area (TPSA) is 18.5 Å². The first kappa shape index (κ1) is 9.07. The van der Waals surface area contributed by atoms with Crippen molar-refractivity contribution >= 4 is 0 Å². The predicted molar refractivity (Wildman–Crippen MR) is 48.3 cm³/mol. The maximum Gasteiger partial charge on any atom is 0.189 e. The van der Waals surface area contributed by atoms with Crippen LogP contribution in [0.1, 0.15) is 12.5 Å². The molecule has 0 radical (unpaired) electrons. The largest absolute Gasteiger partial charge is 0.468 e. The number of ether oxygens (including phenoxy) is 2. The first-order valence-corrected chi connectivity index (χ1v) is 4.10. The average Bonchev–Trinajstić information content (AvgIpc) is 2.05. The highest BCUT2D eigenvalue weighted by atomic mass is 16.7. The Balaban J connectivity index is 2.41. The molecule has 0 aliphatic carbocycles. The molecule has 12 heavy (non-hydrogen) atoms. The highest BCUT2D eigenvalue weighted by Gasteiger charge is 1.91. The lowest BCUT2D eigenvalue weighted by Crippen LogP contribution is -2.01. The van der Waals surface area contributed by atoms with Gasteiger partial charge in [0.25, 0.3) is 0 Å². The predicted octanol–water partition coefficient (Wildman–Crippen LogP) is 2.37. The molecule has 1 aromatic rings. The minimum absolute atomic E-state index is 0.333. The quantitative estimate of drug-likeness (QED) is 0.505. The van der Waals surface area contributed by atoms with E-state index in [0.717, 1.165) is 5.75 Å². The summed E-state index contributed by atoms with van der Waals surface area (Å²) >= 11 is 0. The second-order valence-electron chi connectivity index (χ2n) is 2.57. The monoisotopic (exact) mass is 166 g/mol. The minimum Gasteiger partial charge on any atom is -0.468 e. The Kier molecular flexibility index (Phi) is 3.61. The zero-order chi connectivity index (χ0) is 8.81. The second-order valence-corrected chi connectivity index (χ2v) is 2.57. The van der Waals surface area contributed by atoms with Gasteiger partial charge in [0.15, 0.2) is 6.79 Å². The summed E-state index contributed by atoms with van der Waals surface area (Å²) in [5.74, 6) is 0.864. The van der Waals surface area contributed by atoms with Gasteiger partial charge in [-0.2, -0.15) is 0 Å². The van der Waals surface area contributed by atoms with Crippen molar-refractivity contribution in [2.75, 3.05) is 13.4 Å². The van der Waals surface area contributed by atoms with Crippen molar-refractivity contribution in [1.29, 1.82) is 0 Å². The molecule has 0 bridgehead atoms. The number of hydrogen-bond donors (Lipinski definition) is 0. The molecule has 0 aromatic heterocycles. The molecule has 2 nitrogen and oxygen atoms in total. The number of aryl methyl sites for hydroxylation is 1. The number of rotatable bonds is 4. The lowest BCUT2D eigenvalue weighted by atomic mass is 10.2. The Hall–Kier alpha value is -1.02. The zero-order valence-corrected chi connectivity index (χ0v) is 7.54. The highest BCUT2D eigenvalue weighted by molar-refractivity contribution is 5.27. The van der Waals surface area contributed by atoms with Crippen LogP contribution in [-0.4, -0.2) is 13.4 Å². The third-order valence-electron chi connectivity index (χ3n) is 1.50. The van der Waals surface area contributed by atoms with Gasteiger partial charge in [-0.1, -0.05) is 12.1 Å². The van der Waals surface area contributed by atoms with Crippen LogP contribution in [0, 0.1) is 6.92 Å². The van der Waals surface area contributed by atoms with E-state index in [4.69, 9.17) is 9.47 Å². The van der Waals surface area contributed by atoms with Gasteiger partial charge in [-0.15, -0.1) is 0 Å². The van der Waals surface area contributed by atoms with Crippen LogP contribution in [0.2, 0.25) is 0 Å². The van der Waals surface area contributed by atoms with Crippen LogP contribution in [0.15, 0.2) is 24.3 Å². The first-order chi connectivity index (χ1) is 5.83. The Labute approximate surface area is 73.1 Å². The Morgan fingerprint density at radius 3 is 2.83 bits per heavy atom. The van der Waals surface area contributed by atoms with E-state index in [9.17, 15) is 0 Å². The van der Waals surface area contributed by atoms with E-state index in [1.165, 1.54) is 5.56 Å². The van der Waals surface area contributed by atoms with Crippen LogP contribution in [0.25, 0.3) is 0 Å². The maximum atomic E-state index is 5.30. The molecular formula is C10H14O2. The third-order valence-corrected chi connectivity index (χ3v) is 1.50. The van der Waals surface area contributed by atoms with Crippen LogP contribution in [0.4, 0.5) is 0 Å². The van der Waals surface area contributed by atoms with Crippen LogP contribution >= 0.6 is 0 Å². The van der Waals surface area contributed by atoms with Crippen LogP contribution in [-0.2, 0) is 4.74 Å². The van der Waals surface area contributed by atoms with Crippen molar-refractivity contribution in [2.24, 2.45) is 0 Å². The van der Waals surface area contributed by atoms with E-state index >= 15 is 0 Å². The van der Waals surface area contributed by atoms with Crippen molar-refractivity contribution in [3.05, 3.63) is 29.8 Å². The summed E-state index contributed by atoms with van der Waals surface area (Å²) in [5, 5.41) is 0. The molecule has 0 saturated carbocycles. The summed E-state index contributed by atoms with van der Waals surface area (Å²) < 4.78 is 10.4. The molecule has 0 heterocycles. The van der Waals surface area contributed by atoms with E-state index in [1.54, 1.807) is 0 Å². The highest BCUT2D eigenvalue weighted by Crippen LogP contribution is 2.11. The average molecular weight is 166 g/mol. The van der Waals surface area contributed by atoms with Gasteiger partial charge in [0.1, 0.15) is 5.75 Å². The van der Waals surface area contributed by atoms with Gasteiger partial charge in [-0.05, 0) is 31.5 Å².